The van der Waals surface area contributed by atoms with E-state index in [-0.39, 0.29) is 10.9 Å². The van der Waals surface area contributed by atoms with Crippen LogP contribution in [-0.2, 0) is 0 Å². The number of hydrogen-bond donors (Lipinski definition) is 0. The van der Waals surface area contributed by atoms with E-state index >= 15 is 0 Å². The molecule has 4 nitrogen and oxygen atoms in total. The number of nitrogens with zero attached hydrogens (tertiary/aromatic N) is 2. The molecular weight excluding hydrogens is 271 g/mol. The second kappa shape index (κ2) is 5.01. The van der Waals surface area contributed by atoms with Gasteiger partial charge in [-0.05, 0) is 37.3 Å². The van der Waals surface area contributed by atoms with Crippen molar-refractivity contribution in [2.24, 2.45) is 0 Å². The smallest absolute Gasteiger partial charge is 0.266 e. The normalized spacial score (nSPS) is 10.8. The quantitative estimate of drug-likeness (QED) is 0.727. The lowest BCUT2D eigenvalue weighted by atomic mass is 10.2. The predicted octanol–water partition coefficient (Wildman–Crippen LogP) is 2.84. The molecular formula is C16H13FN2O2. The summed E-state index contributed by atoms with van der Waals surface area (Å²) < 4.78 is 20.0. The van der Waals surface area contributed by atoms with Crippen molar-refractivity contribution < 1.29 is 9.13 Å². The maximum atomic E-state index is 13.4. The molecule has 21 heavy (non-hydrogen) atoms. The average Bonchev–Trinajstić information content (AvgIpc) is 2.48. The van der Waals surface area contributed by atoms with Gasteiger partial charge in [0.15, 0.2) is 0 Å². The van der Waals surface area contributed by atoms with Crippen LogP contribution in [0.15, 0.2) is 47.3 Å². The maximum absolute atomic E-state index is 13.4. The highest BCUT2D eigenvalue weighted by atomic mass is 19.1. The second-order valence-corrected chi connectivity index (χ2v) is 4.66. The van der Waals surface area contributed by atoms with Gasteiger partial charge in [0, 0.05) is 6.07 Å². The van der Waals surface area contributed by atoms with Gasteiger partial charge in [-0.15, -0.1) is 0 Å². The Hall–Kier alpha value is -2.69. The lowest BCUT2D eigenvalue weighted by molar-refractivity contribution is 0.414. The van der Waals surface area contributed by atoms with Crippen LogP contribution in [0.1, 0.15) is 5.82 Å². The van der Waals surface area contributed by atoms with Crippen molar-refractivity contribution in [2.45, 2.75) is 6.92 Å². The summed E-state index contributed by atoms with van der Waals surface area (Å²) in [6.07, 6.45) is 0. The highest BCUT2D eigenvalue weighted by Gasteiger charge is 2.11. The summed E-state index contributed by atoms with van der Waals surface area (Å²) >= 11 is 0. The van der Waals surface area contributed by atoms with Crippen molar-refractivity contribution in [3.63, 3.8) is 0 Å². The van der Waals surface area contributed by atoms with Crippen LogP contribution in [0, 0.1) is 12.7 Å². The molecule has 0 saturated carbocycles. The highest BCUT2D eigenvalue weighted by molar-refractivity contribution is 5.78. The summed E-state index contributed by atoms with van der Waals surface area (Å²) in [7, 11) is 1.56. The molecule has 1 aromatic heterocycles. The Labute approximate surface area is 120 Å². The number of aryl methyl sites for hydroxylation is 1. The Morgan fingerprint density at radius 1 is 1.19 bits per heavy atom. The summed E-state index contributed by atoms with van der Waals surface area (Å²) in [5.74, 6) is 0.716. The number of rotatable bonds is 2. The largest absolute Gasteiger partial charge is 0.497 e. The molecule has 2 aromatic carbocycles. The van der Waals surface area contributed by atoms with Gasteiger partial charge in [-0.1, -0.05) is 6.07 Å². The van der Waals surface area contributed by atoms with Gasteiger partial charge in [-0.2, -0.15) is 0 Å². The Balaban J connectivity index is 2.34. The van der Waals surface area contributed by atoms with Crippen LogP contribution in [0.3, 0.4) is 0 Å². The van der Waals surface area contributed by atoms with Crippen molar-refractivity contribution in [3.05, 3.63) is 64.5 Å². The van der Waals surface area contributed by atoms with Gasteiger partial charge in [-0.25, -0.2) is 9.37 Å². The molecule has 0 aliphatic carbocycles. The van der Waals surface area contributed by atoms with Crippen LogP contribution in [0.25, 0.3) is 16.6 Å². The van der Waals surface area contributed by atoms with Gasteiger partial charge in [-0.3, -0.25) is 9.36 Å². The van der Waals surface area contributed by atoms with Gasteiger partial charge >= 0.3 is 0 Å². The van der Waals surface area contributed by atoms with Crippen LogP contribution in [-0.4, -0.2) is 16.7 Å². The number of methoxy groups -OCH3 is 1. The van der Waals surface area contributed by atoms with E-state index in [1.165, 1.54) is 22.8 Å². The molecule has 0 atom stereocenters. The van der Waals surface area contributed by atoms with E-state index < -0.39 is 5.82 Å². The SMILES string of the molecule is COc1cccc(-n2c(C)nc3ccc(F)cc3c2=O)c1. The Morgan fingerprint density at radius 3 is 2.76 bits per heavy atom. The Bertz CT molecular complexity index is 887. The fraction of sp³-hybridized carbons (Fsp3) is 0.125. The monoisotopic (exact) mass is 284 g/mol. The van der Waals surface area contributed by atoms with Crippen molar-refractivity contribution in [3.8, 4) is 11.4 Å². The van der Waals surface area contributed by atoms with Gasteiger partial charge in [0.1, 0.15) is 17.4 Å². The minimum Gasteiger partial charge on any atom is -0.497 e. The van der Waals surface area contributed by atoms with Gasteiger partial charge < -0.3 is 4.74 Å². The van der Waals surface area contributed by atoms with Crippen LogP contribution in [0.2, 0.25) is 0 Å². The van der Waals surface area contributed by atoms with E-state index in [9.17, 15) is 9.18 Å². The molecule has 0 N–H and O–H groups in total. The van der Waals surface area contributed by atoms with Crippen LogP contribution in [0.4, 0.5) is 4.39 Å². The first-order chi connectivity index (χ1) is 10.1. The lowest BCUT2D eigenvalue weighted by Gasteiger charge is -2.11. The second-order valence-electron chi connectivity index (χ2n) is 4.66. The first-order valence-corrected chi connectivity index (χ1v) is 6.43. The zero-order valence-corrected chi connectivity index (χ0v) is 11.6. The first-order valence-electron chi connectivity index (χ1n) is 6.43. The molecule has 0 unspecified atom stereocenters. The highest BCUT2D eigenvalue weighted by Crippen LogP contribution is 2.18. The van der Waals surface area contributed by atoms with Crippen molar-refractivity contribution in [2.75, 3.05) is 7.11 Å². The number of fused-ring (bicyclic) bond motifs is 1. The van der Waals surface area contributed by atoms with E-state index in [0.717, 1.165) is 0 Å². The summed E-state index contributed by atoms with van der Waals surface area (Å²) in [4.78, 5) is 17.0. The van der Waals surface area contributed by atoms with Gasteiger partial charge in [0.25, 0.3) is 5.56 Å². The number of aromatic nitrogens is 2. The van der Waals surface area contributed by atoms with E-state index in [1.807, 2.05) is 0 Å². The third-order valence-electron chi connectivity index (χ3n) is 3.31. The van der Waals surface area contributed by atoms with Crippen LogP contribution in [0.5, 0.6) is 5.75 Å². The molecule has 0 saturated heterocycles. The van der Waals surface area contributed by atoms with Crippen molar-refractivity contribution in [1.82, 2.24) is 9.55 Å². The molecule has 0 spiro atoms. The number of ether oxygens (including phenoxy) is 1. The zero-order chi connectivity index (χ0) is 15.0. The van der Waals surface area contributed by atoms with Crippen molar-refractivity contribution in [1.29, 1.82) is 0 Å². The third-order valence-corrected chi connectivity index (χ3v) is 3.31. The molecule has 0 amide bonds. The van der Waals surface area contributed by atoms with Crippen LogP contribution >= 0.6 is 0 Å². The molecule has 0 aliphatic rings. The number of hydrogen-bond acceptors (Lipinski definition) is 3. The fourth-order valence-corrected chi connectivity index (χ4v) is 2.32. The molecule has 0 fully saturated rings. The summed E-state index contributed by atoms with van der Waals surface area (Å²) in [5, 5.41) is 0.253. The molecule has 106 valence electrons. The average molecular weight is 284 g/mol. The van der Waals surface area contributed by atoms with E-state index in [4.69, 9.17) is 4.74 Å². The Morgan fingerprint density at radius 2 is 2.00 bits per heavy atom. The zero-order valence-electron chi connectivity index (χ0n) is 11.6. The van der Waals surface area contributed by atoms with Gasteiger partial charge in [0.2, 0.25) is 0 Å². The molecule has 0 aliphatic heterocycles. The van der Waals surface area contributed by atoms with Crippen LogP contribution < -0.4 is 10.3 Å². The maximum Gasteiger partial charge on any atom is 0.266 e. The molecule has 0 radical (unpaired) electrons. The first kappa shape index (κ1) is 13.3. The standard InChI is InChI=1S/C16H13FN2O2/c1-10-18-15-7-6-11(17)8-14(15)16(20)19(10)12-4-3-5-13(9-12)21-2/h3-9H,1-2H3. The lowest BCUT2D eigenvalue weighted by Crippen LogP contribution is -2.22. The topological polar surface area (TPSA) is 44.1 Å². The number of halogens is 1. The predicted molar refractivity (Wildman–Crippen MR) is 78.6 cm³/mol. The summed E-state index contributed by atoms with van der Waals surface area (Å²) in [6, 6.07) is 11.1. The summed E-state index contributed by atoms with van der Waals surface area (Å²) in [6.45, 7) is 1.74. The Kier molecular flexibility index (Phi) is 3.17. The minimum atomic E-state index is -0.456. The fourth-order valence-electron chi connectivity index (χ4n) is 2.32. The van der Waals surface area contributed by atoms with E-state index in [0.29, 0.717) is 22.8 Å². The molecule has 1 heterocycles. The minimum absolute atomic E-state index is 0.253. The van der Waals surface area contributed by atoms with E-state index in [2.05, 4.69) is 4.98 Å². The van der Waals surface area contributed by atoms with Crippen molar-refractivity contribution >= 4 is 10.9 Å². The summed E-state index contributed by atoms with van der Waals surface area (Å²) in [5.41, 5.74) is 0.818. The molecule has 3 rings (SSSR count). The van der Waals surface area contributed by atoms with E-state index in [1.54, 1.807) is 38.3 Å². The van der Waals surface area contributed by atoms with Gasteiger partial charge in [0.05, 0.1) is 23.7 Å². The molecule has 3 aromatic rings. The third kappa shape index (κ3) is 2.27. The molecule has 0 bridgehead atoms. The molecule has 5 heteroatoms. The number of benzene rings is 2.